The van der Waals surface area contributed by atoms with E-state index in [-0.39, 0.29) is 30.2 Å². The van der Waals surface area contributed by atoms with E-state index < -0.39 is 6.04 Å². The molecule has 1 aromatic carbocycles. The van der Waals surface area contributed by atoms with Gasteiger partial charge in [0.1, 0.15) is 6.04 Å². The molecule has 0 aliphatic heterocycles. The molecule has 0 spiro atoms. The molecule has 1 atom stereocenters. The smallest absolute Gasteiger partial charge is 0.243 e. The molecule has 1 aromatic rings. The number of benzene rings is 1. The molecule has 1 fully saturated rings. The van der Waals surface area contributed by atoms with E-state index in [2.05, 4.69) is 10.6 Å². The van der Waals surface area contributed by atoms with Gasteiger partial charge in [-0.05, 0) is 36.5 Å². The molecule has 2 N–H and O–H groups in total. The first-order chi connectivity index (χ1) is 13.9. The van der Waals surface area contributed by atoms with Gasteiger partial charge in [-0.25, -0.2) is 0 Å². The van der Waals surface area contributed by atoms with Crippen molar-refractivity contribution in [2.75, 3.05) is 21.3 Å². The number of rotatable bonds is 9. The lowest BCUT2D eigenvalue weighted by Gasteiger charge is -2.26. The Morgan fingerprint density at radius 3 is 2.07 bits per heavy atom. The first kappa shape index (κ1) is 22.8. The van der Waals surface area contributed by atoms with Crippen molar-refractivity contribution in [3.8, 4) is 17.2 Å². The van der Waals surface area contributed by atoms with Crippen LogP contribution in [0.25, 0.3) is 0 Å². The molecule has 1 saturated carbocycles. The van der Waals surface area contributed by atoms with E-state index >= 15 is 0 Å². The van der Waals surface area contributed by atoms with Gasteiger partial charge >= 0.3 is 0 Å². The standard InChI is InChI=1S/C22H34N2O5/c1-14(2)19(24-21(25)16-9-7-6-8-10-16)22(26)23-13-15-11-17(27-3)20(29-5)18(12-15)28-4/h11-12,14,16,19H,6-10,13H2,1-5H3,(H,23,26)(H,24,25). The van der Waals surface area contributed by atoms with Gasteiger partial charge in [0.25, 0.3) is 0 Å². The highest BCUT2D eigenvalue weighted by Crippen LogP contribution is 2.38. The van der Waals surface area contributed by atoms with Gasteiger partial charge in [-0.15, -0.1) is 0 Å². The largest absolute Gasteiger partial charge is 0.493 e. The Hall–Kier alpha value is -2.44. The third kappa shape index (κ3) is 6.02. The van der Waals surface area contributed by atoms with Crippen molar-refractivity contribution >= 4 is 11.8 Å². The third-order valence-electron chi connectivity index (χ3n) is 5.41. The maximum atomic E-state index is 12.8. The second-order valence-electron chi connectivity index (χ2n) is 7.82. The van der Waals surface area contributed by atoms with E-state index in [9.17, 15) is 9.59 Å². The summed E-state index contributed by atoms with van der Waals surface area (Å²) in [6.45, 7) is 4.16. The molecule has 2 amide bonds. The molecule has 0 saturated heterocycles. The SMILES string of the molecule is COc1cc(CNC(=O)C(NC(=O)C2CCCCC2)C(C)C)cc(OC)c1OC. The molecule has 2 rings (SSSR count). The molecule has 1 aliphatic rings. The number of methoxy groups -OCH3 is 3. The number of nitrogens with one attached hydrogen (secondary N) is 2. The minimum atomic E-state index is -0.563. The molecule has 29 heavy (non-hydrogen) atoms. The van der Waals surface area contributed by atoms with Crippen molar-refractivity contribution in [3.63, 3.8) is 0 Å². The number of hydrogen-bond donors (Lipinski definition) is 2. The molecular weight excluding hydrogens is 372 g/mol. The third-order valence-corrected chi connectivity index (χ3v) is 5.41. The molecule has 1 aliphatic carbocycles. The summed E-state index contributed by atoms with van der Waals surface area (Å²) in [5, 5.41) is 5.89. The number of ether oxygens (including phenoxy) is 3. The highest BCUT2D eigenvalue weighted by molar-refractivity contribution is 5.88. The maximum Gasteiger partial charge on any atom is 0.243 e. The Kier molecular flexibility index (Phi) is 8.61. The van der Waals surface area contributed by atoms with Crippen LogP contribution < -0.4 is 24.8 Å². The predicted octanol–water partition coefficient (Wildman–Crippen LogP) is 3.05. The Balaban J connectivity index is 2.03. The Labute approximate surface area is 173 Å². The number of hydrogen-bond acceptors (Lipinski definition) is 5. The van der Waals surface area contributed by atoms with Crippen LogP contribution in [0.4, 0.5) is 0 Å². The zero-order valence-electron chi connectivity index (χ0n) is 18.2. The topological polar surface area (TPSA) is 85.9 Å². The summed E-state index contributed by atoms with van der Waals surface area (Å²) in [4.78, 5) is 25.4. The number of carbonyl (C=O) groups is 2. The van der Waals surface area contributed by atoms with Crippen LogP contribution in [0.2, 0.25) is 0 Å². The zero-order valence-corrected chi connectivity index (χ0v) is 18.2. The molecule has 7 heteroatoms. The summed E-state index contributed by atoms with van der Waals surface area (Å²) in [6, 6.07) is 3.03. The van der Waals surface area contributed by atoms with E-state index in [4.69, 9.17) is 14.2 Å². The molecule has 0 bridgehead atoms. The lowest BCUT2D eigenvalue weighted by molar-refractivity contribution is -0.132. The van der Waals surface area contributed by atoms with E-state index in [0.29, 0.717) is 17.2 Å². The van der Waals surface area contributed by atoms with Crippen molar-refractivity contribution in [1.82, 2.24) is 10.6 Å². The van der Waals surface area contributed by atoms with Crippen molar-refractivity contribution < 1.29 is 23.8 Å². The Bertz CT molecular complexity index is 673. The van der Waals surface area contributed by atoms with Gasteiger partial charge in [-0.1, -0.05) is 33.1 Å². The monoisotopic (exact) mass is 406 g/mol. The molecule has 7 nitrogen and oxygen atoms in total. The van der Waals surface area contributed by atoms with Crippen LogP contribution in [-0.2, 0) is 16.1 Å². The quantitative estimate of drug-likeness (QED) is 0.658. The predicted molar refractivity (Wildman–Crippen MR) is 111 cm³/mol. The molecule has 162 valence electrons. The zero-order chi connectivity index (χ0) is 21.4. The van der Waals surface area contributed by atoms with Crippen LogP contribution in [-0.4, -0.2) is 39.2 Å². The fraction of sp³-hybridized carbons (Fsp3) is 0.636. The van der Waals surface area contributed by atoms with Gasteiger partial charge < -0.3 is 24.8 Å². The van der Waals surface area contributed by atoms with Crippen LogP contribution in [0.1, 0.15) is 51.5 Å². The first-order valence-corrected chi connectivity index (χ1v) is 10.3. The van der Waals surface area contributed by atoms with Crippen LogP contribution in [0.5, 0.6) is 17.2 Å². The summed E-state index contributed by atoms with van der Waals surface area (Å²) in [5.74, 6) is 1.37. The first-order valence-electron chi connectivity index (χ1n) is 10.3. The molecule has 0 radical (unpaired) electrons. The van der Waals surface area contributed by atoms with Gasteiger partial charge in [0.15, 0.2) is 11.5 Å². The highest BCUT2D eigenvalue weighted by atomic mass is 16.5. The second-order valence-corrected chi connectivity index (χ2v) is 7.82. The fourth-order valence-corrected chi connectivity index (χ4v) is 3.71. The minimum Gasteiger partial charge on any atom is -0.493 e. The summed E-state index contributed by atoms with van der Waals surface area (Å²) >= 11 is 0. The average molecular weight is 407 g/mol. The van der Waals surface area contributed by atoms with E-state index in [0.717, 1.165) is 31.2 Å². The van der Waals surface area contributed by atoms with Crippen LogP contribution in [0.15, 0.2) is 12.1 Å². The van der Waals surface area contributed by atoms with Crippen LogP contribution in [0.3, 0.4) is 0 Å². The molecule has 0 heterocycles. The van der Waals surface area contributed by atoms with Gasteiger partial charge in [0, 0.05) is 12.5 Å². The van der Waals surface area contributed by atoms with E-state index in [1.54, 1.807) is 33.5 Å². The van der Waals surface area contributed by atoms with Crippen molar-refractivity contribution in [2.45, 2.75) is 58.5 Å². The van der Waals surface area contributed by atoms with Crippen molar-refractivity contribution in [1.29, 1.82) is 0 Å². The Morgan fingerprint density at radius 2 is 1.59 bits per heavy atom. The van der Waals surface area contributed by atoms with Gasteiger partial charge in [0.05, 0.1) is 21.3 Å². The van der Waals surface area contributed by atoms with Gasteiger partial charge in [0.2, 0.25) is 17.6 Å². The van der Waals surface area contributed by atoms with E-state index in [1.165, 1.54) is 6.42 Å². The lowest BCUT2D eigenvalue weighted by atomic mass is 9.88. The summed E-state index contributed by atoms with van der Waals surface area (Å²) in [5.41, 5.74) is 0.814. The van der Waals surface area contributed by atoms with Gasteiger partial charge in [-0.2, -0.15) is 0 Å². The van der Waals surface area contributed by atoms with Crippen molar-refractivity contribution in [3.05, 3.63) is 17.7 Å². The molecule has 1 unspecified atom stereocenters. The highest BCUT2D eigenvalue weighted by Gasteiger charge is 2.28. The fourth-order valence-electron chi connectivity index (χ4n) is 3.71. The van der Waals surface area contributed by atoms with Crippen LogP contribution in [0, 0.1) is 11.8 Å². The second kappa shape index (κ2) is 10.9. The minimum absolute atomic E-state index is 0.00802. The molecule has 0 aromatic heterocycles. The Morgan fingerprint density at radius 1 is 1.00 bits per heavy atom. The summed E-state index contributed by atoms with van der Waals surface area (Å²) < 4.78 is 16.0. The maximum absolute atomic E-state index is 12.8. The summed E-state index contributed by atoms with van der Waals surface area (Å²) in [7, 11) is 4.65. The number of carbonyl (C=O) groups excluding carboxylic acids is 2. The van der Waals surface area contributed by atoms with Gasteiger partial charge in [-0.3, -0.25) is 9.59 Å². The average Bonchev–Trinajstić information content (AvgIpc) is 2.74. The number of amides is 2. The molecular formula is C22H34N2O5. The summed E-state index contributed by atoms with van der Waals surface area (Å²) in [6.07, 6.45) is 5.16. The lowest BCUT2D eigenvalue weighted by Crippen LogP contribution is -2.51. The van der Waals surface area contributed by atoms with E-state index in [1.807, 2.05) is 13.8 Å². The normalized spacial score (nSPS) is 15.5. The van der Waals surface area contributed by atoms with Crippen LogP contribution >= 0.6 is 0 Å². The van der Waals surface area contributed by atoms with Crippen molar-refractivity contribution in [2.24, 2.45) is 11.8 Å².